The van der Waals surface area contributed by atoms with Crippen molar-refractivity contribution >= 4 is 23.6 Å². The molecule has 0 saturated carbocycles. The fourth-order valence-corrected chi connectivity index (χ4v) is 5.43. The molecule has 2 aliphatic heterocycles. The number of carboxylic acid groups (broad SMARTS) is 1. The quantitative estimate of drug-likeness (QED) is 0.227. The number of nitriles is 2. The van der Waals surface area contributed by atoms with Crippen LogP contribution in [0.5, 0.6) is 0 Å². The van der Waals surface area contributed by atoms with E-state index in [2.05, 4.69) is 10.6 Å². The van der Waals surface area contributed by atoms with Gasteiger partial charge in [-0.1, -0.05) is 34.6 Å². The number of carboxylic acids is 1. The van der Waals surface area contributed by atoms with Crippen LogP contribution < -0.4 is 16.4 Å². The summed E-state index contributed by atoms with van der Waals surface area (Å²) in [5.41, 5.74) is 4.57. The molecule has 5 N–H and O–H groups in total. The summed E-state index contributed by atoms with van der Waals surface area (Å²) in [7, 11) is 0. The second-order valence-corrected chi connectivity index (χ2v) is 16.5. The molecule has 2 saturated heterocycles. The third-order valence-corrected chi connectivity index (χ3v) is 8.76. The minimum absolute atomic E-state index is 0.0512. The van der Waals surface area contributed by atoms with Crippen molar-refractivity contribution in [2.45, 2.75) is 105 Å². The predicted octanol–water partition coefficient (Wildman–Crippen LogP) is 5.22. The molecule has 2 aromatic rings. The van der Waals surface area contributed by atoms with E-state index in [1.165, 1.54) is 18.2 Å². The van der Waals surface area contributed by atoms with E-state index in [4.69, 9.17) is 40.3 Å². The van der Waals surface area contributed by atoms with Gasteiger partial charge in [-0.25, -0.2) is 13.6 Å². The van der Waals surface area contributed by atoms with Gasteiger partial charge in [0.25, 0.3) is 0 Å². The van der Waals surface area contributed by atoms with E-state index in [1.807, 2.05) is 54.5 Å². The Hall–Kier alpha value is -4.84. The van der Waals surface area contributed by atoms with E-state index in [-0.39, 0.29) is 58.8 Å². The molecular weight excluding hydrogens is 744 g/mol. The second-order valence-electron chi connectivity index (χ2n) is 16.5. The third kappa shape index (κ3) is 14.9. The Balaban J connectivity index is 0.000000327. The fourth-order valence-electron chi connectivity index (χ4n) is 5.43. The first kappa shape index (κ1) is 48.3. The number of nitrogens with zero attached hydrogens (tertiary/aromatic N) is 2. The van der Waals surface area contributed by atoms with Gasteiger partial charge in [-0.2, -0.15) is 10.5 Å². The van der Waals surface area contributed by atoms with Crippen LogP contribution in [0.25, 0.3) is 0 Å². The molecular formula is C41H55F2N5O9. The number of nitrogens with two attached hydrogens (primary N) is 1. The maximum Gasteiger partial charge on any atom is 0.338 e. The molecule has 2 amide bonds. The summed E-state index contributed by atoms with van der Waals surface area (Å²) >= 11 is 0. The Bertz CT molecular complexity index is 1850. The van der Waals surface area contributed by atoms with Gasteiger partial charge in [0.05, 0.1) is 47.6 Å². The molecule has 2 aliphatic rings. The van der Waals surface area contributed by atoms with Crippen LogP contribution in [0.2, 0.25) is 0 Å². The number of carbonyl (C=O) groups excluding carboxylic acids is 3. The van der Waals surface area contributed by atoms with Gasteiger partial charge in [-0.3, -0.25) is 14.4 Å². The minimum atomic E-state index is -1.37. The van der Waals surface area contributed by atoms with E-state index < -0.39 is 58.1 Å². The van der Waals surface area contributed by atoms with Crippen molar-refractivity contribution in [2.75, 3.05) is 26.3 Å². The van der Waals surface area contributed by atoms with Crippen molar-refractivity contribution in [3.8, 4) is 12.1 Å². The van der Waals surface area contributed by atoms with Crippen LogP contribution in [-0.4, -0.2) is 84.8 Å². The topological polar surface area (TPSA) is 223 Å². The van der Waals surface area contributed by atoms with Gasteiger partial charge in [0.2, 0.25) is 11.8 Å². The van der Waals surface area contributed by atoms with Gasteiger partial charge >= 0.3 is 5.97 Å². The van der Waals surface area contributed by atoms with Crippen LogP contribution in [-0.2, 0) is 28.5 Å². The SMILES string of the molecule is C[C@@H](CNC(=O)[C@@H]1OC(C)(C)OCC1(C)C)CC(=O)c1cc(C#N)ccc1F.C[C@H](N)CNC(=O)[C@@H]1OC(C)(C)OCC1(C)C.N#Cc1ccc(F)c(C(=O)O)c1. The van der Waals surface area contributed by atoms with Crippen molar-refractivity contribution in [3.63, 3.8) is 0 Å². The lowest BCUT2D eigenvalue weighted by Crippen LogP contribution is -2.57. The zero-order valence-electron chi connectivity index (χ0n) is 34.2. The maximum atomic E-state index is 13.9. The van der Waals surface area contributed by atoms with Crippen molar-refractivity contribution in [3.05, 3.63) is 70.3 Å². The number of aromatic carboxylic acids is 1. The summed E-state index contributed by atoms with van der Waals surface area (Å²) in [4.78, 5) is 47.4. The second kappa shape index (κ2) is 20.0. The number of nitrogens with one attached hydrogen (secondary N) is 2. The summed E-state index contributed by atoms with van der Waals surface area (Å²) in [6.45, 7) is 20.1. The highest BCUT2D eigenvalue weighted by atomic mass is 19.1. The van der Waals surface area contributed by atoms with Gasteiger partial charge in [0.1, 0.15) is 23.8 Å². The van der Waals surface area contributed by atoms with Gasteiger partial charge in [0, 0.05) is 36.4 Å². The Morgan fingerprint density at radius 1 is 0.772 bits per heavy atom. The number of rotatable bonds is 10. The largest absolute Gasteiger partial charge is 0.478 e. The molecule has 4 rings (SSSR count). The van der Waals surface area contributed by atoms with Crippen LogP contribution in [0, 0.1) is 51.0 Å². The molecule has 0 spiro atoms. The first-order chi connectivity index (χ1) is 26.2. The summed E-state index contributed by atoms with van der Waals surface area (Å²) in [5, 5.41) is 31.3. The number of benzene rings is 2. The van der Waals surface area contributed by atoms with E-state index in [0.717, 1.165) is 18.2 Å². The van der Waals surface area contributed by atoms with Crippen LogP contribution in [0.3, 0.4) is 0 Å². The average Bonchev–Trinajstić information content (AvgIpc) is 3.12. The number of ether oxygens (including phenoxy) is 4. The number of amides is 2. The molecule has 0 aliphatic carbocycles. The Labute approximate surface area is 333 Å². The molecule has 2 aromatic carbocycles. The summed E-state index contributed by atoms with van der Waals surface area (Å²) < 4.78 is 49.2. The van der Waals surface area contributed by atoms with E-state index in [1.54, 1.807) is 26.8 Å². The molecule has 0 bridgehead atoms. The molecule has 16 heteroatoms. The van der Waals surface area contributed by atoms with Crippen LogP contribution >= 0.6 is 0 Å². The number of hydrogen-bond acceptors (Lipinski definition) is 11. The highest BCUT2D eigenvalue weighted by Crippen LogP contribution is 2.36. The summed E-state index contributed by atoms with van der Waals surface area (Å²) in [5.74, 6) is -5.42. The van der Waals surface area contributed by atoms with Gasteiger partial charge in [-0.15, -0.1) is 0 Å². The van der Waals surface area contributed by atoms with E-state index in [0.29, 0.717) is 19.8 Å². The first-order valence-electron chi connectivity index (χ1n) is 18.3. The summed E-state index contributed by atoms with van der Waals surface area (Å²) in [6, 6.07) is 10.4. The molecule has 312 valence electrons. The monoisotopic (exact) mass is 799 g/mol. The Kier molecular flexibility index (Phi) is 17.0. The number of hydrogen-bond donors (Lipinski definition) is 4. The molecule has 0 radical (unpaired) electrons. The Morgan fingerprint density at radius 2 is 1.18 bits per heavy atom. The molecule has 14 nitrogen and oxygen atoms in total. The lowest BCUT2D eigenvalue weighted by atomic mass is 9.85. The highest BCUT2D eigenvalue weighted by molar-refractivity contribution is 5.96. The van der Waals surface area contributed by atoms with Crippen molar-refractivity contribution < 1.29 is 52.0 Å². The first-order valence-corrected chi connectivity index (χ1v) is 18.3. The van der Waals surface area contributed by atoms with Gasteiger partial charge in [-0.05, 0) is 76.9 Å². The number of halogens is 2. The fraction of sp³-hybridized carbons (Fsp3) is 0.561. The molecule has 2 fully saturated rings. The predicted molar refractivity (Wildman–Crippen MR) is 204 cm³/mol. The standard InChI is InChI=1S/C21H27FN2O4.C12H24N2O3.C8H4FNO2/c1-13(8-17(25)15-9-14(10-23)6-7-16(15)22)11-24-19(26)18-20(2,3)12-27-21(4,5)28-18;1-8(13)6-14-10(15)9-11(2,3)7-16-12(4,5)17-9;9-7-2-1-5(4-10)3-6(7)8(11)12/h6-7,9,13,18H,8,11-12H2,1-5H3,(H,24,26);8-9H,6-7,13H2,1-5H3,(H,14,15);1-3H,(H,11,12)/t13-,18+;8-,9-;/m10./s1. The molecule has 4 atom stereocenters. The van der Waals surface area contributed by atoms with Crippen LogP contribution in [0.4, 0.5) is 8.78 Å². The molecule has 0 aromatic heterocycles. The number of carbonyl (C=O) groups is 4. The van der Waals surface area contributed by atoms with Crippen molar-refractivity contribution in [1.29, 1.82) is 10.5 Å². The zero-order chi connectivity index (χ0) is 43.5. The maximum absolute atomic E-state index is 13.9. The van der Waals surface area contributed by atoms with Gasteiger partial charge < -0.3 is 40.4 Å². The lowest BCUT2D eigenvalue weighted by Gasteiger charge is -2.44. The van der Waals surface area contributed by atoms with Gasteiger partial charge in [0.15, 0.2) is 17.4 Å². The number of ketones is 1. The zero-order valence-corrected chi connectivity index (χ0v) is 34.2. The van der Waals surface area contributed by atoms with E-state index >= 15 is 0 Å². The lowest BCUT2D eigenvalue weighted by molar-refractivity contribution is -0.304. The summed E-state index contributed by atoms with van der Waals surface area (Å²) in [6.07, 6.45) is -1.14. The van der Waals surface area contributed by atoms with Crippen molar-refractivity contribution in [2.24, 2.45) is 22.5 Å². The smallest absolute Gasteiger partial charge is 0.338 e. The Morgan fingerprint density at radius 3 is 1.58 bits per heavy atom. The number of Topliss-reactive ketones (excluding diaryl/α,β-unsaturated/α-hetero) is 1. The molecule has 57 heavy (non-hydrogen) atoms. The van der Waals surface area contributed by atoms with Crippen LogP contribution in [0.1, 0.15) is 108 Å². The van der Waals surface area contributed by atoms with Crippen molar-refractivity contribution in [1.82, 2.24) is 10.6 Å². The van der Waals surface area contributed by atoms with Crippen LogP contribution in [0.15, 0.2) is 36.4 Å². The molecule has 2 heterocycles. The highest BCUT2D eigenvalue weighted by Gasteiger charge is 2.46. The minimum Gasteiger partial charge on any atom is -0.478 e. The normalized spacial score (nSPS) is 20.9. The third-order valence-electron chi connectivity index (χ3n) is 8.76. The average molecular weight is 800 g/mol. The molecule has 0 unspecified atom stereocenters. The van der Waals surface area contributed by atoms with E-state index in [9.17, 15) is 28.0 Å².